The van der Waals surface area contributed by atoms with Crippen LogP contribution in [0.15, 0.2) is 91.3 Å². The highest BCUT2D eigenvalue weighted by atomic mass is 35.5. The third kappa shape index (κ3) is 3.63. The summed E-state index contributed by atoms with van der Waals surface area (Å²) in [6.45, 7) is 0. The molecule has 0 radical (unpaired) electrons. The van der Waals surface area contributed by atoms with Gasteiger partial charge in [0.15, 0.2) is 0 Å². The lowest BCUT2D eigenvalue weighted by Crippen LogP contribution is -2.12. The first-order chi connectivity index (χ1) is 12.8. The molecule has 0 amide bonds. The smallest absolute Gasteiger partial charge is 0.0767 e. The molecule has 0 fully saturated rings. The van der Waals surface area contributed by atoms with Gasteiger partial charge in [0.1, 0.15) is 0 Å². The average molecular weight is 360 g/mol. The van der Waals surface area contributed by atoms with Gasteiger partial charge in [0.2, 0.25) is 0 Å². The molecule has 0 bridgehead atoms. The Hall–Kier alpha value is -3.04. The summed E-state index contributed by atoms with van der Waals surface area (Å²) in [5, 5.41) is 11.2. The third-order valence-electron chi connectivity index (χ3n) is 4.36. The summed E-state index contributed by atoms with van der Waals surface area (Å²) in [5.41, 5.74) is 5.64. The van der Waals surface area contributed by atoms with Crippen molar-refractivity contribution in [2.45, 2.75) is 6.04 Å². The van der Waals surface area contributed by atoms with Crippen molar-refractivity contribution in [2.24, 2.45) is 0 Å². The lowest BCUT2D eigenvalue weighted by atomic mass is 9.96. The van der Waals surface area contributed by atoms with Gasteiger partial charge < -0.3 is 5.32 Å². The zero-order valence-electron chi connectivity index (χ0n) is 14.1. The Morgan fingerprint density at radius 3 is 2.04 bits per heavy atom. The molecular formula is C22H18ClN3. The normalized spacial score (nSPS) is 11.9. The van der Waals surface area contributed by atoms with E-state index in [-0.39, 0.29) is 6.04 Å². The summed E-state index contributed by atoms with van der Waals surface area (Å²) in [7, 11) is 0. The van der Waals surface area contributed by atoms with Crippen LogP contribution in [-0.2, 0) is 0 Å². The molecule has 0 spiro atoms. The number of benzene rings is 3. The number of aromatic amines is 1. The summed E-state index contributed by atoms with van der Waals surface area (Å²) in [6, 6.07) is 26.8. The topological polar surface area (TPSA) is 40.7 Å². The van der Waals surface area contributed by atoms with E-state index in [4.69, 9.17) is 11.6 Å². The van der Waals surface area contributed by atoms with Gasteiger partial charge in [-0.25, -0.2) is 0 Å². The fraction of sp³-hybridized carbons (Fsp3) is 0.0455. The standard InChI is InChI=1S/C22H18ClN3/c23-20-12-10-18(11-13-20)22(26-21-4-2-1-3-5-21)17-8-6-16(7-9-17)19-14-24-25-15-19/h1-15,22,26H,(H,24,25). The van der Waals surface area contributed by atoms with Crippen LogP contribution in [0.2, 0.25) is 5.02 Å². The first-order valence-corrected chi connectivity index (χ1v) is 8.83. The number of H-pyrrole nitrogens is 1. The highest BCUT2D eigenvalue weighted by Gasteiger charge is 2.14. The first kappa shape index (κ1) is 16.4. The number of halogens is 1. The molecule has 1 atom stereocenters. The van der Waals surface area contributed by atoms with E-state index in [1.165, 1.54) is 5.56 Å². The van der Waals surface area contributed by atoms with E-state index < -0.39 is 0 Å². The Balaban J connectivity index is 1.68. The van der Waals surface area contributed by atoms with Crippen molar-refractivity contribution in [3.8, 4) is 11.1 Å². The fourth-order valence-electron chi connectivity index (χ4n) is 2.99. The largest absolute Gasteiger partial charge is 0.374 e. The van der Waals surface area contributed by atoms with E-state index in [1.807, 2.05) is 42.7 Å². The molecular weight excluding hydrogens is 342 g/mol. The number of aromatic nitrogens is 2. The van der Waals surface area contributed by atoms with Crippen molar-refractivity contribution in [2.75, 3.05) is 5.32 Å². The number of anilines is 1. The molecule has 0 saturated heterocycles. The molecule has 4 heteroatoms. The van der Waals surface area contributed by atoms with Crippen LogP contribution < -0.4 is 5.32 Å². The number of para-hydroxylation sites is 1. The van der Waals surface area contributed by atoms with Crippen LogP contribution in [0, 0.1) is 0 Å². The summed E-state index contributed by atoms with van der Waals surface area (Å²) < 4.78 is 0. The minimum absolute atomic E-state index is 0.0352. The van der Waals surface area contributed by atoms with Gasteiger partial charge in [0.05, 0.1) is 12.2 Å². The molecule has 4 aromatic rings. The monoisotopic (exact) mass is 359 g/mol. The van der Waals surface area contributed by atoms with Gasteiger partial charge >= 0.3 is 0 Å². The van der Waals surface area contributed by atoms with Crippen molar-refractivity contribution in [3.63, 3.8) is 0 Å². The Labute approximate surface area is 157 Å². The second-order valence-electron chi connectivity index (χ2n) is 6.10. The minimum atomic E-state index is 0.0352. The maximum Gasteiger partial charge on any atom is 0.0767 e. The van der Waals surface area contributed by atoms with Crippen molar-refractivity contribution in [1.29, 1.82) is 0 Å². The Morgan fingerprint density at radius 2 is 1.42 bits per heavy atom. The van der Waals surface area contributed by atoms with Crippen LogP contribution in [0.25, 0.3) is 11.1 Å². The number of hydrogen-bond donors (Lipinski definition) is 2. The second-order valence-corrected chi connectivity index (χ2v) is 6.54. The quantitative estimate of drug-likeness (QED) is 0.463. The Morgan fingerprint density at radius 1 is 0.769 bits per heavy atom. The molecule has 2 N–H and O–H groups in total. The lowest BCUT2D eigenvalue weighted by Gasteiger charge is -2.21. The fourth-order valence-corrected chi connectivity index (χ4v) is 3.12. The van der Waals surface area contributed by atoms with Crippen molar-refractivity contribution in [1.82, 2.24) is 10.2 Å². The van der Waals surface area contributed by atoms with E-state index in [0.29, 0.717) is 0 Å². The molecule has 1 unspecified atom stereocenters. The Kier molecular flexibility index (Phi) is 4.71. The summed E-state index contributed by atoms with van der Waals surface area (Å²) >= 11 is 6.07. The van der Waals surface area contributed by atoms with E-state index in [9.17, 15) is 0 Å². The van der Waals surface area contributed by atoms with E-state index >= 15 is 0 Å². The van der Waals surface area contributed by atoms with Gasteiger partial charge in [-0.3, -0.25) is 5.10 Å². The first-order valence-electron chi connectivity index (χ1n) is 8.46. The van der Waals surface area contributed by atoms with Crippen LogP contribution in [0.5, 0.6) is 0 Å². The predicted octanol–water partition coefficient (Wildman–Crippen LogP) is 5.93. The van der Waals surface area contributed by atoms with Crippen molar-refractivity contribution < 1.29 is 0 Å². The molecule has 3 aromatic carbocycles. The predicted molar refractivity (Wildman–Crippen MR) is 107 cm³/mol. The van der Waals surface area contributed by atoms with E-state index in [0.717, 1.165) is 27.4 Å². The van der Waals surface area contributed by atoms with Gasteiger partial charge in [0, 0.05) is 22.5 Å². The average Bonchev–Trinajstić information content (AvgIpc) is 3.23. The molecule has 0 aliphatic carbocycles. The third-order valence-corrected chi connectivity index (χ3v) is 4.62. The van der Waals surface area contributed by atoms with Gasteiger partial charge in [-0.15, -0.1) is 0 Å². The molecule has 0 saturated carbocycles. The molecule has 0 aliphatic rings. The van der Waals surface area contributed by atoms with Gasteiger partial charge in [-0.2, -0.15) is 5.10 Å². The Bertz CT molecular complexity index is 947. The number of rotatable bonds is 5. The zero-order chi connectivity index (χ0) is 17.8. The minimum Gasteiger partial charge on any atom is -0.374 e. The summed E-state index contributed by atoms with van der Waals surface area (Å²) in [5.74, 6) is 0. The zero-order valence-corrected chi connectivity index (χ0v) is 14.8. The maximum atomic E-state index is 6.07. The number of hydrogen-bond acceptors (Lipinski definition) is 2. The SMILES string of the molecule is Clc1ccc(C(Nc2ccccc2)c2ccc(-c3cn[nH]c3)cc2)cc1. The van der Waals surface area contributed by atoms with Crippen LogP contribution in [0.3, 0.4) is 0 Å². The summed E-state index contributed by atoms with van der Waals surface area (Å²) in [4.78, 5) is 0. The summed E-state index contributed by atoms with van der Waals surface area (Å²) in [6.07, 6.45) is 3.72. The van der Waals surface area contributed by atoms with Gasteiger partial charge in [-0.05, 0) is 41.0 Å². The molecule has 3 nitrogen and oxygen atoms in total. The van der Waals surface area contributed by atoms with E-state index in [2.05, 4.69) is 64.0 Å². The van der Waals surface area contributed by atoms with Crippen molar-refractivity contribution >= 4 is 17.3 Å². The van der Waals surface area contributed by atoms with Gasteiger partial charge in [-0.1, -0.05) is 66.2 Å². The van der Waals surface area contributed by atoms with Crippen LogP contribution in [-0.4, -0.2) is 10.2 Å². The van der Waals surface area contributed by atoms with E-state index in [1.54, 1.807) is 0 Å². The molecule has 1 heterocycles. The highest BCUT2D eigenvalue weighted by Crippen LogP contribution is 2.29. The molecule has 0 aliphatic heterocycles. The molecule has 26 heavy (non-hydrogen) atoms. The molecule has 4 rings (SSSR count). The van der Waals surface area contributed by atoms with Gasteiger partial charge in [0.25, 0.3) is 0 Å². The number of nitrogens with one attached hydrogen (secondary N) is 2. The van der Waals surface area contributed by atoms with Crippen LogP contribution in [0.1, 0.15) is 17.2 Å². The van der Waals surface area contributed by atoms with Crippen molar-refractivity contribution in [3.05, 3.63) is 107 Å². The molecule has 128 valence electrons. The molecule has 1 aromatic heterocycles. The second kappa shape index (κ2) is 7.46. The van der Waals surface area contributed by atoms with Crippen LogP contribution in [0.4, 0.5) is 5.69 Å². The van der Waals surface area contributed by atoms with Crippen LogP contribution >= 0.6 is 11.6 Å². The highest BCUT2D eigenvalue weighted by molar-refractivity contribution is 6.30. The lowest BCUT2D eigenvalue weighted by molar-refractivity contribution is 0.940. The maximum absolute atomic E-state index is 6.07. The number of nitrogens with zero attached hydrogens (tertiary/aromatic N) is 1.